The van der Waals surface area contributed by atoms with Crippen molar-refractivity contribution in [2.24, 2.45) is 23.2 Å². The van der Waals surface area contributed by atoms with Crippen molar-refractivity contribution in [3.63, 3.8) is 0 Å². The fourth-order valence-corrected chi connectivity index (χ4v) is 3.81. The van der Waals surface area contributed by atoms with Gasteiger partial charge >= 0.3 is 5.97 Å². The molecule has 0 heterocycles. The summed E-state index contributed by atoms with van der Waals surface area (Å²) in [5, 5.41) is 9.06. The molecule has 2 rings (SSSR count). The van der Waals surface area contributed by atoms with Crippen molar-refractivity contribution in [2.75, 3.05) is 0 Å². The molecular formula is C12H20O2. The molecule has 14 heavy (non-hydrogen) atoms. The molecule has 0 spiro atoms. The zero-order valence-corrected chi connectivity index (χ0v) is 9.12. The Morgan fingerprint density at radius 3 is 2.79 bits per heavy atom. The van der Waals surface area contributed by atoms with Crippen LogP contribution in [0.1, 0.15) is 46.0 Å². The van der Waals surface area contributed by atoms with E-state index in [1.54, 1.807) is 0 Å². The number of aliphatic carboxylic acids is 1. The normalized spacial score (nSPS) is 47.4. The summed E-state index contributed by atoms with van der Waals surface area (Å²) >= 11 is 0. The van der Waals surface area contributed by atoms with Crippen LogP contribution in [0.4, 0.5) is 0 Å². The molecule has 1 N–H and O–H groups in total. The molecule has 2 aliphatic rings. The Bertz CT molecular complexity index is 249. The molecule has 0 aromatic carbocycles. The average molecular weight is 196 g/mol. The van der Waals surface area contributed by atoms with Crippen LogP contribution in [-0.4, -0.2) is 11.1 Å². The summed E-state index contributed by atoms with van der Waals surface area (Å²) in [5.74, 6) is 0.758. The molecule has 0 amide bonds. The summed E-state index contributed by atoms with van der Waals surface area (Å²) in [5.41, 5.74) is 0.334. The van der Waals surface area contributed by atoms with Crippen molar-refractivity contribution >= 4 is 5.97 Å². The molecule has 2 fully saturated rings. The highest BCUT2D eigenvalue weighted by Crippen LogP contribution is 2.56. The van der Waals surface area contributed by atoms with Gasteiger partial charge in [0, 0.05) is 0 Å². The van der Waals surface area contributed by atoms with Gasteiger partial charge < -0.3 is 5.11 Å². The molecule has 2 heteroatoms. The lowest BCUT2D eigenvalue weighted by Crippen LogP contribution is -2.31. The van der Waals surface area contributed by atoms with Crippen LogP contribution < -0.4 is 0 Å². The van der Waals surface area contributed by atoms with Gasteiger partial charge in [-0.2, -0.15) is 0 Å². The van der Waals surface area contributed by atoms with Crippen molar-refractivity contribution in [1.29, 1.82) is 0 Å². The van der Waals surface area contributed by atoms with Crippen molar-refractivity contribution < 1.29 is 9.90 Å². The fourth-order valence-electron chi connectivity index (χ4n) is 3.81. The van der Waals surface area contributed by atoms with E-state index >= 15 is 0 Å². The number of fused-ring (bicyclic) bond motifs is 1. The Balaban J connectivity index is 2.16. The van der Waals surface area contributed by atoms with Gasteiger partial charge in [0.2, 0.25) is 0 Å². The Morgan fingerprint density at radius 1 is 1.50 bits per heavy atom. The van der Waals surface area contributed by atoms with Crippen LogP contribution in [0.3, 0.4) is 0 Å². The lowest BCUT2D eigenvalue weighted by atomic mass is 9.65. The Hall–Kier alpha value is -0.530. The minimum atomic E-state index is -0.576. The predicted molar refractivity (Wildman–Crippen MR) is 55.0 cm³/mol. The van der Waals surface area contributed by atoms with Crippen molar-refractivity contribution in [2.45, 2.75) is 46.0 Å². The topological polar surface area (TPSA) is 37.3 Å². The van der Waals surface area contributed by atoms with Crippen molar-refractivity contribution in [1.82, 2.24) is 0 Å². The van der Waals surface area contributed by atoms with Crippen LogP contribution in [0, 0.1) is 23.2 Å². The Labute approximate surface area is 85.7 Å². The molecule has 0 aromatic rings. The van der Waals surface area contributed by atoms with Crippen LogP contribution >= 0.6 is 0 Å². The highest BCUT2D eigenvalue weighted by atomic mass is 16.4. The maximum Gasteiger partial charge on any atom is 0.306 e. The Kier molecular flexibility index (Phi) is 2.32. The molecule has 0 bridgehead atoms. The molecule has 2 nitrogen and oxygen atoms in total. The van der Waals surface area contributed by atoms with E-state index < -0.39 is 5.97 Å². The predicted octanol–water partition coefficient (Wildman–Crippen LogP) is 2.92. The summed E-state index contributed by atoms with van der Waals surface area (Å²) in [6, 6.07) is 0. The van der Waals surface area contributed by atoms with Gasteiger partial charge in [0.15, 0.2) is 0 Å². The standard InChI is InChI=1S/C12H20O2/c1-8-4-3-5-12(2)7-9(11(13)14)6-10(8)12/h8-10H,3-7H2,1-2H3,(H,13,14). The maximum atomic E-state index is 11.0. The monoisotopic (exact) mass is 196 g/mol. The quantitative estimate of drug-likeness (QED) is 0.700. The largest absolute Gasteiger partial charge is 0.481 e. The van der Waals surface area contributed by atoms with Crippen LogP contribution in [0.5, 0.6) is 0 Å². The van der Waals surface area contributed by atoms with Crippen molar-refractivity contribution in [3.8, 4) is 0 Å². The first-order chi connectivity index (χ1) is 6.53. The van der Waals surface area contributed by atoms with Crippen LogP contribution in [0.25, 0.3) is 0 Å². The molecule has 2 saturated carbocycles. The zero-order valence-electron chi connectivity index (χ0n) is 9.12. The molecular weight excluding hydrogens is 176 g/mol. The maximum absolute atomic E-state index is 11.0. The molecule has 4 unspecified atom stereocenters. The molecule has 80 valence electrons. The number of hydrogen-bond acceptors (Lipinski definition) is 1. The van der Waals surface area contributed by atoms with E-state index in [0.717, 1.165) is 18.8 Å². The molecule has 0 aromatic heterocycles. The van der Waals surface area contributed by atoms with E-state index in [-0.39, 0.29) is 5.92 Å². The number of rotatable bonds is 1. The fraction of sp³-hybridized carbons (Fsp3) is 0.917. The second kappa shape index (κ2) is 3.25. The first kappa shape index (κ1) is 10.0. The van der Waals surface area contributed by atoms with Crippen LogP contribution in [0.15, 0.2) is 0 Å². The number of carboxylic acid groups (broad SMARTS) is 1. The van der Waals surface area contributed by atoms with Crippen molar-refractivity contribution in [3.05, 3.63) is 0 Å². The van der Waals surface area contributed by atoms with E-state index in [1.165, 1.54) is 19.3 Å². The third kappa shape index (κ3) is 1.45. The molecule has 0 aliphatic heterocycles. The number of hydrogen-bond donors (Lipinski definition) is 1. The summed E-state index contributed by atoms with van der Waals surface area (Å²) in [6.07, 6.45) is 5.67. The third-order valence-corrected chi connectivity index (χ3v) is 4.59. The lowest BCUT2D eigenvalue weighted by molar-refractivity contribution is -0.141. The van der Waals surface area contributed by atoms with Gasteiger partial charge in [0.25, 0.3) is 0 Å². The third-order valence-electron chi connectivity index (χ3n) is 4.59. The van der Waals surface area contributed by atoms with Gasteiger partial charge in [-0.05, 0) is 36.5 Å². The minimum Gasteiger partial charge on any atom is -0.481 e. The van der Waals surface area contributed by atoms with E-state index in [4.69, 9.17) is 5.11 Å². The van der Waals surface area contributed by atoms with Gasteiger partial charge in [-0.25, -0.2) is 0 Å². The number of carbonyl (C=O) groups is 1. The van der Waals surface area contributed by atoms with E-state index in [2.05, 4.69) is 13.8 Å². The zero-order chi connectivity index (χ0) is 10.3. The number of carboxylic acids is 1. The second-order valence-corrected chi connectivity index (χ2v) is 5.61. The first-order valence-electron chi connectivity index (χ1n) is 5.76. The highest BCUT2D eigenvalue weighted by Gasteiger charge is 2.49. The summed E-state index contributed by atoms with van der Waals surface area (Å²) in [6.45, 7) is 4.60. The van der Waals surface area contributed by atoms with E-state index in [0.29, 0.717) is 11.3 Å². The van der Waals surface area contributed by atoms with Gasteiger partial charge in [-0.1, -0.05) is 26.7 Å². The van der Waals surface area contributed by atoms with Gasteiger partial charge in [0.1, 0.15) is 0 Å². The smallest absolute Gasteiger partial charge is 0.306 e. The Morgan fingerprint density at radius 2 is 2.21 bits per heavy atom. The second-order valence-electron chi connectivity index (χ2n) is 5.61. The molecule has 4 atom stereocenters. The van der Waals surface area contributed by atoms with Gasteiger partial charge in [0.05, 0.1) is 5.92 Å². The summed E-state index contributed by atoms with van der Waals surface area (Å²) in [4.78, 5) is 11.0. The first-order valence-corrected chi connectivity index (χ1v) is 5.76. The highest BCUT2D eigenvalue weighted by molar-refractivity contribution is 5.70. The minimum absolute atomic E-state index is 0.0643. The SMILES string of the molecule is CC1CCCC2(C)CC(C(=O)O)CC12. The van der Waals surface area contributed by atoms with Crippen LogP contribution in [0.2, 0.25) is 0 Å². The average Bonchev–Trinajstić information content (AvgIpc) is 2.44. The molecule has 0 radical (unpaired) electrons. The van der Waals surface area contributed by atoms with Gasteiger partial charge in [-0.3, -0.25) is 4.79 Å². The molecule has 2 aliphatic carbocycles. The summed E-state index contributed by atoms with van der Waals surface area (Å²) < 4.78 is 0. The van der Waals surface area contributed by atoms with E-state index in [1.807, 2.05) is 0 Å². The van der Waals surface area contributed by atoms with Gasteiger partial charge in [-0.15, -0.1) is 0 Å². The molecule has 0 saturated heterocycles. The van der Waals surface area contributed by atoms with E-state index in [9.17, 15) is 4.79 Å². The summed E-state index contributed by atoms with van der Waals surface area (Å²) in [7, 11) is 0. The van der Waals surface area contributed by atoms with Crippen LogP contribution in [-0.2, 0) is 4.79 Å². The lowest BCUT2D eigenvalue weighted by Gasteiger charge is -2.40.